The summed E-state index contributed by atoms with van der Waals surface area (Å²) in [6.07, 6.45) is 0.706. The summed E-state index contributed by atoms with van der Waals surface area (Å²) in [7, 11) is 0. The van der Waals surface area contributed by atoms with E-state index in [4.69, 9.17) is 0 Å². The fourth-order valence-electron chi connectivity index (χ4n) is 2.19. The summed E-state index contributed by atoms with van der Waals surface area (Å²) in [4.78, 5) is 10.8. The van der Waals surface area contributed by atoms with Gasteiger partial charge in [0.15, 0.2) is 6.29 Å². The van der Waals surface area contributed by atoms with Crippen LogP contribution >= 0.6 is 0 Å². The predicted octanol–water partition coefficient (Wildman–Crippen LogP) is 2.58. The number of phenolic OH excluding ortho intramolecular Hbond substituents is 1. The number of nitrogens with zero attached hydrogens (tertiary/aromatic N) is 1. The first kappa shape index (κ1) is 13.7. The molecule has 3 nitrogen and oxygen atoms in total. The van der Waals surface area contributed by atoms with Gasteiger partial charge in [-0.15, -0.1) is 0 Å². The molecule has 0 heterocycles. The Morgan fingerprint density at radius 3 is 2.24 bits per heavy atom. The van der Waals surface area contributed by atoms with Crippen molar-refractivity contribution in [1.82, 2.24) is 0 Å². The Kier molecular flexibility index (Phi) is 4.70. The molecule has 1 aromatic rings. The normalized spacial score (nSPS) is 11.5. The summed E-state index contributed by atoms with van der Waals surface area (Å²) in [5, 5.41) is 9.47. The Bertz CT molecular complexity index is 376. The highest BCUT2D eigenvalue weighted by molar-refractivity contribution is 5.79. The third kappa shape index (κ3) is 3.07. The lowest BCUT2D eigenvalue weighted by Crippen LogP contribution is -2.46. The molecular weight excluding hydrogens is 214 g/mol. The first-order valence-electron chi connectivity index (χ1n) is 6.23. The molecule has 0 bridgehead atoms. The number of hydrogen-bond donors (Lipinski definition) is 1. The fraction of sp³-hybridized carbons (Fsp3) is 0.500. The van der Waals surface area contributed by atoms with Crippen LogP contribution in [0.5, 0.6) is 5.75 Å². The van der Waals surface area contributed by atoms with Crippen molar-refractivity contribution in [2.45, 2.75) is 27.3 Å². The van der Waals surface area contributed by atoms with Crippen LogP contribution in [0.2, 0.25) is 0 Å². The van der Waals surface area contributed by atoms with Gasteiger partial charge in [-0.1, -0.05) is 0 Å². The number of carbonyl (C=O) groups excluding carboxylic acids is 1. The summed E-state index contributed by atoms with van der Waals surface area (Å²) >= 11 is 0. The number of aldehydes is 1. The Morgan fingerprint density at radius 1 is 1.18 bits per heavy atom. The van der Waals surface area contributed by atoms with E-state index in [1.807, 2.05) is 6.07 Å². The summed E-state index contributed by atoms with van der Waals surface area (Å²) in [5.74, 6) is 0.0614. The average molecular weight is 236 g/mol. The number of benzene rings is 1. The minimum Gasteiger partial charge on any atom is -0.507 e. The maximum Gasteiger partial charge on any atom is 0.153 e. The zero-order valence-electron chi connectivity index (χ0n) is 10.9. The molecule has 3 heteroatoms. The zero-order chi connectivity index (χ0) is 12.9. The molecule has 0 aliphatic rings. The summed E-state index contributed by atoms with van der Waals surface area (Å²) in [6.45, 7) is 10.7. The average Bonchev–Trinajstić information content (AvgIpc) is 2.38. The van der Waals surface area contributed by atoms with Crippen LogP contribution in [0.3, 0.4) is 0 Å². The van der Waals surface area contributed by atoms with Crippen molar-refractivity contribution < 1.29 is 14.4 Å². The minimum absolute atomic E-state index is 0.0614. The highest BCUT2D eigenvalue weighted by atomic mass is 16.3. The molecule has 94 valence electrons. The molecule has 0 atom stereocenters. The monoisotopic (exact) mass is 236 g/mol. The van der Waals surface area contributed by atoms with Gasteiger partial charge in [-0.05, 0) is 39.0 Å². The second kappa shape index (κ2) is 5.82. The highest BCUT2D eigenvalue weighted by Crippen LogP contribution is 2.20. The van der Waals surface area contributed by atoms with Crippen LogP contribution in [0.4, 0.5) is 0 Å². The largest absolute Gasteiger partial charge is 0.507 e. The van der Waals surface area contributed by atoms with Crippen LogP contribution < -0.4 is 0 Å². The van der Waals surface area contributed by atoms with Crippen LogP contribution in [-0.2, 0) is 6.54 Å². The Labute approximate surface area is 103 Å². The lowest BCUT2D eigenvalue weighted by molar-refractivity contribution is -0.936. The first-order valence-corrected chi connectivity index (χ1v) is 6.23. The van der Waals surface area contributed by atoms with Gasteiger partial charge in [0.2, 0.25) is 0 Å². The Balaban J connectivity index is 2.97. The summed E-state index contributed by atoms with van der Waals surface area (Å²) in [5.41, 5.74) is 1.49. The molecule has 0 saturated heterocycles. The van der Waals surface area contributed by atoms with E-state index in [2.05, 4.69) is 20.8 Å². The van der Waals surface area contributed by atoms with Crippen molar-refractivity contribution in [3.63, 3.8) is 0 Å². The van der Waals surface area contributed by atoms with Crippen molar-refractivity contribution in [3.8, 4) is 5.75 Å². The summed E-state index contributed by atoms with van der Waals surface area (Å²) in [6, 6.07) is 5.29. The second-order valence-corrected chi connectivity index (χ2v) is 4.46. The maximum atomic E-state index is 10.8. The first-order chi connectivity index (χ1) is 8.10. The van der Waals surface area contributed by atoms with Crippen molar-refractivity contribution in [2.75, 3.05) is 19.6 Å². The molecule has 1 rings (SSSR count). The van der Waals surface area contributed by atoms with Crippen molar-refractivity contribution in [1.29, 1.82) is 0 Å². The molecule has 0 aliphatic heterocycles. The molecule has 0 radical (unpaired) electrons. The van der Waals surface area contributed by atoms with Crippen LogP contribution in [0.25, 0.3) is 0 Å². The topological polar surface area (TPSA) is 37.3 Å². The molecule has 0 unspecified atom stereocenters. The standard InChI is InChI=1S/C14H21NO2/c1-4-15(5-2,6-3)10-12-7-8-14(17)13(9-12)11-16/h7-9,11H,4-6,10H2,1-3H3/p+1. The quantitative estimate of drug-likeness (QED) is 0.609. The molecule has 0 saturated carbocycles. The van der Waals surface area contributed by atoms with Gasteiger partial charge < -0.3 is 9.59 Å². The van der Waals surface area contributed by atoms with E-state index in [1.165, 1.54) is 0 Å². The number of hydrogen-bond acceptors (Lipinski definition) is 2. The Hall–Kier alpha value is -1.35. The van der Waals surface area contributed by atoms with E-state index in [0.29, 0.717) is 11.8 Å². The van der Waals surface area contributed by atoms with Crippen molar-refractivity contribution >= 4 is 6.29 Å². The minimum atomic E-state index is 0.0614. The van der Waals surface area contributed by atoms with E-state index in [1.54, 1.807) is 12.1 Å². The molecular formula is C14H22NO2+. The molecule has 0 aliphatic carbocycles. The Morgan fingerprint density at radius 2 is 1.76 bits per heavy atom. The molecule has 0 amide bonds. The SMILES string of the molecule is CC[N+](CC)(CC)Cc1ccc(O)c(C=O)c1. The lowest BCUT2D eigenvalue weighted by atomic mass is 10.1. The van der Waals surface area contributed by atoms with Gasteiger partial charge >= 0.3 is 0 Å². The van der Waals surface area contributed by atoms with Crippen molar-refractivity contribution in [3.05, 3.63) is 29.3 Å². The number of quaternary nitrogens is 1. The van der Waals surface area contributed by atoms with Crippen LogP contribution in [-0.4, -0.2) is 35.5 Å². The predicted molar refractivity (Wildman–Crippen MR) is 69.1 cm³/mol. The molecule has 1 aromatic carbocycles. The van der Waals surface area contributed by atoms with Gasteiger partial charge in [-0.25, -0.2) is 0 Å². The third-order valence-electron chi connectivity index (χ3n) is 3.75. The molecule has 0 aromatic heterocycles. The number of carbonyl (C=O) groups is 1. The van der Waals surface area contributed by atoms with Gasteiger partial charge in [0.05, 0.1) is 25.2 Å². The lowest BCUT2D eigenvalue weighted by Gasteiger charge is -2.36. The molecule has 0 fully saturated rings. The van der Waals surface area contributed by atoms with Crippen LogP contribution in [0, 0.1) is 0 Å². The maximum absolute atomic E-state index is 10.8. The highest BCUT2D eigenvalue weighted by Gasteiger charge is 2.21. The van der Waals surface area contributed by atoms with Crippen LogP contribution in [0.15, 0.2) is 18.2 Å². The summed E-state index contributed by atoms with van der Waals surface area (Å²) < 4.78 is 1.00. The van der Waals surface area contributed by atoms with Gasteiger partial charge in [-0.3, -0.25) is 4.79 Å². The molecule has 17 heavy (non-hydrogen) atoms. The van der Waals surface area contributed by atoms with E-state index in [9.17, 15) is 9.90 Å². The van der Waals surface area contributed by atoms with Gasteiger partial charge in [0, 0.05) is 5.56 Å². The fourth-order valence-corrected chi connectivity index (χ4v) is 2.19. The van der Waals surface area contributed by atoms with E-state index < -0.39 is 0 Å². The zero-order valence-corrected chi connectivity index (χ0v) is 10.9. The number of phenols is 1. The van der Waals surface area contributed by atoms with E-state index in [-0.39, 0.29) is 5.75 Å². The van der Waals surface area contributed by atoms with Crippen LogP contribution in [0.1, 0.15) is 36.7 Å². The molecule has 0 spiro atoms. The van der Waals surface area contributed by atoms with Gasteiger partial charge in [0.1, 0.15) is 12.3 Å². The third-order valence-corrected chi connectivity index (χ3v) is 3.75. The smallest absolute Gasteiger partial charge is 0.153 e. The van der Waals surface area contributed by atoms with E-state index >= 15 is 0 Å². The number of rotatable bonds is 6. The van der Waals surface area contributed by atoms with Gasteiger partial charge in [0.25, 0.3) is 0 Å². The number of aromatic hydroxyl groups is 1. The van der Waals surface area contributed by atoms with E-state index in [0.717, 1.165) is 36.2 Å². The van der Waals surface area contributed by atoms with Gasteiger partial charge in [-0.2, -0.15) is 0 Å². The molecule has 1 N–H and O–H groups in total. The second-order valence-electron chi connectivity index (χ2n) is 4.46. The van der Waals surface area contributed by atoms with Crippen molar-refractivity contribution in [2.24, 2.45) is 0 Å².